The number of hydrogen-bond donors (Lipinski definition) is 1. The van der Waals surface area contributed by atoms with Crippen molar-refractivity contribution < 1.29 is 19.2 Å². The SMILES string of the molecule is CN(CC(=O)O)C1CCCN(C(=O)c2cc(-c3cccc(Cl)c3)no2)CC1. The highest BCUT2D eigenvalue weighted by Crippen LogP contribution is 2.24. The number of hydrogen-bond acceptors (Lipinski definition) is 5. The number of carbonyl (C=O) groups excluding carboxylic acids is 1. The van der Waals surface area contributed by atoms with Crippen LogP contribution >= 0.6 is 11.6 Å². The molecule has 3 rings (SSSR count). The Morgan fingerprint density at radius 1 is 1.33 bits per heavy atom. The standard InChI is InChI=1S/C19H22ClN3O4/c1-22(12-18(24)25)15-6-3-8-23(9-7-15)19(26)17-11-16(21-27-17)13-4-2-5-14(20)10-13/h2,4-5,10-11,15H,3,6-9,12H2,1H3,(H,24,25). The van der Waals surface area contributed by atoms with E-state index in [1.807, 2.05) is 24.1 Å². The molecule has 7 nitrogen and oxygen atoms in total. The van der Waals surface area contributed by atoms with Crippen molar-refractivity contribution in [3.05, 3.63) is 41.1 Å². The number of aromatic nitrogens is 1. The number of likely N-dealkylation sites (N-methyl/N-ethyl adjacent to an activating group) is 1. The van der Waals surface area contributed by atoms with Crippen LogP contribution in [0.15, 0.2) is 34.9 Å². The van der Waals surface area contributed by atoms with Gasteiger partial charge in [-0.15, -0.1) is 0 Å². The lowest BCUT2D eigenvalue weighted by molar-refractivity contribution is -0.138. The number of carboxylic acid groups (broad SMARTS) is 1. The molecule has 1 amide bonds. The first kappa shape index (κ1) is 19.4. The quantitative estimate of drug-likeness (QED) is 0.843. The van der Waals surface area contributed by atoms with Crippen LogP contribution in [-0.2, 0) is 4.79 Å². The second kappa shape index (κ2) is 8.54. The third kappa shape index (κ3) is 4.87. The topological polar surface area (TPSA) is 86.9 Å². The summed E-state index contributed by atoms with van der Waals surface area (Å²) in [5.74, 6) is -0.843. The Kier molecular flexibility index (Phi) is 6.13. The second-order valence-corrected chi connectivity index (χ2v) is 7.21. The third-order valence-corrected chi connectivity index (χ3v) is 5.07. The van der Waals surface area contributed by atoms with Gasteiger partial charge in [-0.05, 0) is 38.4 Å². The molecule has 0 saturated carbocycles. The molecule has 1 aliphatic heterocycles. The van der Waals surface area contributed by atoms with Crippen molar-refractivity contribution in [2.75, 3.05) is 26.7 Å². The minimum atomic E-state index is -0.843. The van der Waals surface area contributed by atoms with Gasteiger partial charge < -0.3 is 14.5 Å². The normalized spacial score (nSPS) is 17.7. The largest absolute Gasteiger partial charge is 0.480 e. The summed E-state index contributed by atoms with van der Waals surface area (Å²) in [5, 5.41) is 13.5. The maximum Gasteiger partial charge on any atom is 0.317 e. The van der Waals surface area contributed by atoms with Crippen LogP contribution in [0.1, 0.15) is 29.8 Å². The lowest BCUT2D eigenvalue weighted by Crippen LogP contribution is -2.37. The summed E-state index contributed by atoms with van der Waals surface area (Å²) in [5.41, 5.74) is 1.35. The molecule has 27 heavy (non-hydrogen) atoms. The first-order chi connectivity index (χ1) is 12.9. The molecule has 1 atom stereocenters. The van der Waals surface area contributed by atoms with E-state index in [-0.39, 0.29) is 24.3 Å². The third-order valence-electron chi connectivity index (χ3n) is 4.83. The molecule has 2 heterocycles. The predicted octanol–water partition coefficient (Wildman–Crippen LogP) is 3.01. The predicted molar refractivity (Wildman–Crippen MR) is 101 cm³/mol. The van der Waals surface area contributed by atoms with Crippen LogP contribution in [0, 0.1) is 0 Å². The van der Waals surface area contributed by atoms with E-state index in [1.165, 1.54) is 0 Å². The minimum Gasteiger partial charge on any atom is -0.480 e. The van der Waals surface area contributed by atoms with Crippen LogP contribution in [-0.4, -0.2) is 64.7 Å². The minimum absolute atomic E-state index is 0.00368. The molecule has 0 aliphatic carbocycles. The first-order valence-electron chi connectivity index (χ1n) is 8.88. The lowest BCUT2D eigenvalue weighted by atomic mass is 10.1. The van der Waals surface area contributed by atoms with Gasteiger partial charge >= 0.3 is 5.97 Å². The van der Waals surface area contributed by atoms with Crippen LogP contribution in [0.2, 0.25) is 5.02 Å². The zero-order valence-corrected chi connectivity index (χ0v) is 15.9. The lowest BCUT2D eigenvalue weighted by Gasteiger charge is -2.25. The van der Waals surface area contributed by atoms with Crippen molar-refractivity contribution in [2.24, 2.45) is 0 Å². The summed E-state index contributed by atoms with van der Waals surface area (Å²) in [6.07, 6.45) is 2.40. The Hall–Kier alpha value is -2.38. The molecule has 0 bridgehead atoms. The fraction of sp³-hybridized carbons (Fsp3) is 0.421. The summed E-state index contributed by atoms with van der Waals surface area (Å²) < 4.78 is 5.27. The number of rotatable bonds is 5. The van der Waals surface area contributed by atoms with Gasteiger partial charge in [0.25, 0.3) is 5.91 Å². The molecule has 1 aromatic heterocycles. The highest BCUT2D eigenvalue weighted by atomic mass is 35.5. The van der Waals surface area contributed by atoms with Gasteiger partial charge in [-0.2, -0.15) is 0 Å². The Morgan fingerprint density at radius 3 is 2.89 bits per heavy atom. The number of aliphatic carboxylic acids is 1. The molecule has 1 fully saturated rings. The number of nitrogens with zero attached hydrogens (tertiary/aromatic N) is 3. The number of carboxylic acids is 1. The highest BCUT2D eigenvalue weighted by molar-refractivity contribution is 6.30. The van der Waals surface area contributed by atoms with E-state index in [9.17, 15) is 9.59 Å². The fourth-order valence-electron chi connectivity index (χ4n) is 3.38. The van der Waals surface area contributed by atoms with Gasteiger partial charge in [0.1, 0.15) is 5.69 Å². The van der Waals surface area contributed by atoms with E-state index in [2.05, 4.69) is 5.16 Å². The van der Waals surface area contributed by atoms with Gasteiger partial charge in [0, 0.05) is 35.8 Å². The molecule has 0 radical (unpaired) electrons. The Balaban J connectivity index is 1.65. The van der Waals surface area contributed by atoms with E-state index >= 15 is 0 Å². The highest BCUT2D eigenvalue weighted by Gasteiger charge is 2.26. The van der Waals surface area contributed by atoms with Crippen LogP contribution in [0.3, 0.4) is 0 Å². The summed E-state index contributed by atoms with van der Waals surface area (Å²) in [4.78, 5) is 27.3. The summed E-state index contributed by atoms with van der Waals surface area (Å²) in [6.45, 7) is 1.17. The van der Waals surface area contributed by atoms with E-state index in [0.29, 0.717) is 23.8 Å². The first-order valence-corrected chi connectivity index (χ1v) is 9.26. The van der Waals surface area contributed by atoms with Gasteiger partial charge in [-0.3, -0.25) is 14.5 Å². The fourth-order valence-corrected chi connectivity index (χ4v) is 3.57. The maximum atomic E-state index is 12.8. The molecule has 0 spiro atoms. The van der Waals surface area contributed by atoms with E-state index in [4.69, 9.17) is 21.2 Å². The van der Waals surface area contributed by atoms with Crippen molar-refractivity contribution >= 4 is 23.5 Å². The second-order valence-electron chi connectivity index (χ2n) is 6.77. The molecular formula is C19H22ClN3O4. The van der Waals surface area contributed by atoms with Gasteiger partial charge in [0.05, 0.1) is 6.54 Å². The molecule has 1 unspecified atom stereocenters. The van der Waals surface area contributed by atoms with Crippen molar-refractivity contribution in [3.63, 3.8) is 0 Å². The van der Waals surface area contributed by atoms with E-state index in [1.54, 1.807) is 23.1 Å². The number of halogens is 1. The zero-order chi connectivity index (χ0) is 19.4. The average Bonchev–Trinajstić information content (AvgIpc) is 2.98. The van der Waals surface area contributed by atoms with Crippen LogP contribution in [0.4, 0.5) is 0 Å². The summed E-state index contributed by atoms with van der Waals surface area (Å²) >= 11 is 6.00. The molecule has 1 aliphatic rings. The summed E-state index contributed by atoms with van der Waals surface area (Å²) in [7, 11) is 1.81. The van der Waals surface area contributed by atoms with Crippen molar-refractivity contribution in [1.29, 1.82) is 0 Å². The zero-order valence-electron chi connectivity index (χ0n) is 15.1. The number of likely N-dealkylation sites (tertiary alicyclic amines) is 1. The molecular weight excluding hydrogens is 370 g/mol. The number of amides is 1. The van der Waals surface area contributed by atoms with Crippen molar-refractivity contribution in [3.8, 4) is 11.3 Å². The molecule has 2 aromatic rings. The van der Waals surface area contributed by atoms with Gasteiger partial charge in [0.15, 0.2) is 0 Å². The molecule has 8 heteroatoms. The number of carbonyl (C=O) groups is 2. The van der Waals surface area contributed by atoms with Gasteiger partial charge in [-0.25, -0.2) is 0 Å². The van der Waals surface area contributed by atoms with E-state index in [0.717, 1.165) is 24.8 Å². The van der Waals surface area contributed by atoms with Crippen LogP contribution in [0.25, 0.3) is 11.3 Å². The average molecular weight is 392 g/mol. The smallest absolute Gasteiger partial charge is 0.317 e. The van der Waals surface area contributed by atoms with Gasteiger partial charge in [-0.1, -0.05) is 28.9 Å². The Labute approximate surface area is 162 Å². The van der Waals surface area contributed by atoms with E-state index < -0.39 is 5.97 Å². The summed E-state index contributed by atoms with van der Waals surface area (Å²) in [6, 6.07) is 8.99. The van der Waals surface area contributed by atoms with Crippen LogP contribution < -0.4 is 0 Å². The van der Waals surface area contributed by atoms with Crippen molar-refractivity contribution in [1.82, 2.24) is 15.0 Å². The monoisotopic (exact) mass is 391 g/mol. The Bertz CT molecular complexity index is 823. The molecule has 144 valence electrons. The van der Waals surface area contributed by atoms with Gasteiger partial charge in [0.2, 0.25) is 5.76 Å². The van der Waals surface area contributed by atoms with Crippen molar-refractivity contribution in [2.45, 2.75) is 25.3 Å². The molecule has 1 saturated heterocycles. The van der Waals surface area contributed by atoms with Crippen LogP contribution in [0.5, 0.6) is 0 Å². The molecule has 1 aromatic carbocycles. The maximum absolute atomic E-state index is 12.8. The molecule has 1 N–H and O–H groups in total. The number of benzene rings is 1. The Morgan fingerprint density at radius 2 is 2.15 bits per heavy atom.